The minimum absolute atomic E-state index is 0.0490. The zero-order valence-corrected chi connectivity index (χ0v) is 19.8. The lowest BCUT2D eigenvalue weighted by Crippen LogP contribution is -2.71. The lowest BCUT2D eigenvalue weighted by molar-refractivity contribution is -0.662. The monoisotopic (exact) mass is 534 g/mol. The first-order chi connectivity index (χ1) is 17.4. The van der Waals surface area contributed by atoms with Gasteiger partial charge in [-0.3, -0.25) is 14.5 Å². The first-order valence-electron chi connectivity index (χ1n) is 10.3. The number of hydrogen-bond donors (Lipinski definition) is 3. The summed E-state index contributed by atoms with van der Waals surface area (Å²) in [5.41, 5.74) is 6.23. The maximum atomic E-state index is 13.0. The molecule has 1 fully saturated rings. The zero-order chi connectivity index (χ0) is 25.4. The number of imidazole rings is 1. The molecule has 3 aromatic rings. The Balaban J connectivity index is 1.37. The Labute approximate surface area is 209 Å². The Morgan fingerprint density at radius 1 is 1.44 bits per heavy atom. The Bertz CT molecular complexity index is 1440. The molecule has 0 unspecified atom stereocenters. The molecule has 0 radical (unpaired) electrons. The normalized spacial score (nSPS) is 19.8. The molecule has 36 heavy (non-hydrogen) atoms. The number of carbonyl (C=O) groups is 3. The van der Waals surface area contributed by atoms with Crippen molar-refractivity contribution in [2.75, 3.05) is 18.3 Å². The Morgan fingerprint density at radius 3 is 3.00 bits per heavy atom. The molecule has 2 atom stereocenters. The third kappa shape index (κ3) is 4.11. The molecule has 4 N–H and O–H groups in total. The van der Waals surface area contributed by atoms with Crippen LogP contribution in [-0.2, 0) is 25.8 Å². The van der Waals surface area contributed by atoms with Gasteiger partial charge >= 0.3 is 11.6 Å². The maximum Gasteiger partial charge on any atom is 0.352 e. The van der Waals surface area contributed by atoms with Gasteiger partial charge in [0.15, 0.2) is 11.3 Å². The van der Waals surface area contributed by atoms with Gasteiger partial charge in [0.1, 0.15) is 29.9 Å². The molecule has 0 bridgehead atoms. The highest BCUT2D eigenvalue weighted by atomic mass is 32.2. The number of nitrogen functional groups attached to an aromatic ring is 1. The van der Waals surface area contributed by atoms with Crippen molar-refractivity contribution in [2.45, 2.75) is 18.0 Å². The third-order valence-corrected chi connectivity index (χ3v) is 7.29. The molecule has 2 aliphatic heterocycles. The van der Waals surface area contributed by atoms with Gasteiger partial charge < -0.3 is 21.0 Å². The molecule has 5 heterocycles. The van der Waals surface area contributed by atoms with Crippen molar-refractivity contribution in [3.8, 4) is 0 Å². The van der Waals surface area contributed by atoms with E-state index in [0.29, 0.717) is 11.3 Å². The molecule has 2 aliphatic rings. The maximum absolute atomic E-state index is 13.0. The fourth-order valence-electron chi connectivity index (χ4n) is 3.90. The number of aromatic nitrogens is 5. The molecule has 3 aromatic heterocycles. The van der Waals surface area contributed by atoms with Crippen LogP contribution in [0, 0.1) is 0 Å². The van der Waals surface area contributed by atoms with Crippen LogP contribution in [-0.4, -0.2) is 76.5 Å². The van der Waals surface area contributed by atoms with E-state index in [2.05, 4.69) is 29.8 Å². The van der Waals surface area contributed by atoms with Crippen molar-refractivity contribution in [2.24, 2.45) is 5.16 Å². The number of nitrogens with two attached hydrogens (primary N) is 1. The number of aliphatic carboxylic acids is 1. The van der Waals surface area contributed by atoms with Crippen LogP contribution >= 0.6 is 23.3 Å². The topological polar surface area (TPSA) is 181 Å². The van der Waals surface area contributed by atoms with Crippen LogP contribution in [0.5, 0.6) is 0 Å². The molecule has 1 saturated heterocycles. The number of carbonyl (C=O) groups excluding carboxylic acids is 2. The summed E-state index contributed by atoms with van der Waals surface area (Å²) in [5.74, 6) is -2.64. The smallest absolute Gasteiger partial charge is 0.352 e. The fourth-order valence-corrected chi connectivity index (χ4v) is 5.66. The first kappa shape index (κ1) is 23.6. The second-order valence-electron chi connectivity index (χ2n) is 7.51. The molecule has 17 heteroatoms. The van der Waals surface area contributed by atoms with E-state index in [0.717, 1.165) is 22.1 Å². The summed E-state index contributed by atoms with van der Waals surface area (Å²) in [6.07, 6.45) is 5.14. The third-order valence-electron chi connectivity index (χ3n) is 5.41. The fraction of sp³-hybridized carbons (Fsp3) is 0.263. The summed E-state index contributed by atoms with van der Waals surface area (Å²) in [7, 11) is 0. The van der Waals surface area contributed by atoms with Gasteiger partial charge in [-0.2, -0.15) is 9.36 Å². The molecular weight excluding hydrogens is 517 g/mol. The number of anilines is 1. The predicted octanol–water partition coefficient (Wildman–Crippen LogP) is -0.858. The lowest BCUT2D eigenvalue weighted by atomic mass is 10.0. The molecule has 0 spiro atoms. The number of halogens is 1. The van der Waals surface area contributed by atoms with Crippen LogP contribution in [0.15, 0.2) is 47.1 Å². The number of thioether (sulfide) groups is 1. The minimum Gasteiger partial charge on any atom is -0.477 e. The highest BCUT2D eigenvalue weighted by Gasteiger charge is 2.54. The highest BCUT2D eigenvalue weighted by Crippen LogP contribution is 2.40. The van der Waals surface area contributed by atoms with Crippen molar-refractivity contribution < 1.29 is 33.3 Å². The van der Waals surface area contributed by atoms with Gasteiger partial charge in [-0.05, 0) is 6.07 Å². The van der Waals surface area contributed by atoms with Gasteiger partial charge in [0.05, 0.1) is 6.20 Å². The lowest BCUT2D eigenvalue weighted by Gasteiger charge is -2.49. The zero-order valence-electron chi connectivity index (χ0n) is 18.1. The number of oxime groups is 1. The van der Waals surface area contributed by atoms with E-state index < -0.39 is 41.8 Å². The molecule has 0 aromatic carbocycles. The number of carboxylic acid groups (broad SMARTS) is 1. The van der Waals surface area contributed by atoms with Crippen LogP contribution < -0.4 is 15.6 Å². The van der Waals surface area contributed by atoms with E-state index in [9.17, 15) is 23.9 Å². The van der Waals surface area contributed by atoms with Crippen molar-refractivity contribution in [3.63, 3.8) is 0 Å². The number of fused-ring (bicyclic) bond motifs is 2. The van der Waals surface area contributed by atoms with E-state index in [1.807, 2.05) is 10.6 Å². The average Bonchev–Trinajstić information content (AvgIpc) is 3.48. The number of carboxylic acids is 1. The number of amides is 2. The molecule has 14 nitrogen and oxygen atoms in total. The predicted molar refractivity (Wildman–Crippen MR) is 123 cm³/mol. The molecule has 0 saturated carbocycles. The number of rotatable bonds is 8. The Kier molecular flexibility index (Phi) is 6.23. The van der Waals surface area contributed by atoms with Crippen molar-refractivity contribution >= 4 is 57.6 Å². The van der Waals surface area contributed by atoms with Crippen LogP contribution in [0.4, 0.5) is 9.52 Å². The highest BCUT2D eigenvalue weighted by molar-refractivity contribution is 8.00. The Hall–Kier alpha value is -4.12. The molecule has 2 amide bonds. The average molecular weight is 535 g/mol. The summed E-state index contributed by atoms with van der Waals surface area (Å²) in [4.78, 5) is 47.3. The summed E-state index contributed by atoms with van der Waals surface area (Å²) in [6.45, 7) is -1.07. The van der Waals surface area contributed by atoms with Gasteiger partial charge in [-0.1, -0.05) is 10.3 Å². The largest absolute Gasteiger partial charge is 0.477 e. The minimum atomic E-state index is -1.30. The number of nitrogens with zero attached hydrogens (tertiary/aromatic N) is 7. The second-order valence-corrected chi connectivity index (χ2v) is 9.39. The molecule has 0 aliphatic carbocycles. The van der Waals surface area contributed by atoms with Gasteiger partial charge in [0.25, 0.3) is 18.7 Å². The van der Waals surface area contributed by atoms with Gasteiger partial charge in [0, 0.05) is 28.9 Å². The molecule has 186 valence electrons. The van der Waals surface area contributed by atoms with Crippen LogP contribution in [0.3, 0.4) is 0 Å². The van der Waals surface area contributed by atoms with Crippen molar-refractivity contribution in [1.82, 2.24) is 29.2 Å². The van der Waals surface area contributed by atoms with E-state index in [1.54, 1.807) is 29.2 Å². The second kappa shape index (κ2) is 9.50. The Morgan fingerprint density at radius 2 is 2.28 bits per heavy atom. The summed E-state index contributed by atoms with van der Waals surface area (Å²) in [6, 6.07) is 2.56. The number of alkyl halides is 1. The van der Waals surface area contributed by atoms with E-state index in [-0.39, 0.29) is 23.2 Å². The van der Waals surface area contributed by atoms with E-state index in [4.69, 9.17) is 5.73 Å². The molecular formula is C19H17FN9O5S2+. The van der Waals surface area contributed by atoms with E-state index in [1.165, 1.54) is 11.8 Å². The number of β-lactam (4-membered cyclic amide) rings is 1. The van der Waals surface area contributed by atoms with Crippen molar-refractivity contribution in [3.05, 3.63) is 47.8 Å². The van der Waals surface area contributed by atoms with E-state index >= 15 is 0 Å². The first-order valence-corrected chi connectivity index (χ1v) is 12.1. The standard InChI is InChI=1S/C19H16FN9O5S2/c20-8-34-25-11(14-24-19(21)36-26-14)15(30)23-12-16(31)29-13(18(32)33)9(7-35-17(12)29)6-27-4-5-28-10(27)2-1-3-22-28/h1-5,12,17H,6-8H2,(H3-,21,23,24,26,30,32,33)/p+1/b25-11-/t12-,17-/m1/s1. The van der Waals surface area contributed by atoms with Gasteiger partial charge in [0.2, 0.25) is 11.5 Å². The van der Waals surface area contributed by atoms with Crippen LogP contribution in [0.25, 0.3) is 5.65 Å². The van der Waals surface area contributed by atoms with Crippen LogP contribution in [0.1, 0.15) is 5.82 Å². The quantitative estimate of drug-likeness (QED) is 0.142. The van der Waals surface area contributed by atoms with Gasteiger partial charge in [-0.25, -0.2) is 13.8 Å². The number of hydrogen-bond acceptors (Lipinski definition) is 11. The summed E-state index contributed by atoms with van der Waals surface area (Å²) >= 11 is 2.10. The van der Waals surface area contributed by atoms with Crippen LogP contribution in [0.2, 0.25) is 0 Å². The summed E-state index contributed by atoms with van der Waals surface area (Å²) < 4.78 is 19.8. The SMILES string of the molecule is Nc1nc(/C(=N/OCF)C(=O)N[C@@H]2C(=O)N3C(C(=O)O)=C(C[n+]4ccn5ncccc54)CS[C@H]23)ns1. The van der Waals surface area contributed by atoms with Crippen molar-refractivity contribution in [1.29, 1.82) is 0 Å². The van der Waals surface area contributed by atoms with Gasteiger partial charge in [-0.15, -0.1) is 16.3 Å². The number of nitrogens with one attached hydrogen (secondary N) is 1. The summed E-state index contributed by atoms with van der Waals surface area (Å²) in [5, 5.41) is 19.4. The molecule has 5 rings (SSSR count).